The van der Waals surface area contributed by atoms with Gasteiger partial charge in [0.25, 0.3) is 0 Å². The molecule has 0 bridgehead atoms. The Morgan fingerprint density at radius 1 is 0.875 bits per heavy atom. The second-order valence-electron chi connectivity index (χ2n) is 3.53. The van der Waals surface area contributed by atoms with Crippen LogP contribution in [0.3, 0.4) is 0 Å². The molecule has 2 aromatic heterocycles. The smallest absolute Gasteiger partial charge is 0.0843 e. The van der Waals surface area contributed by atoms with Crippen LogP contribution < -0.4 is 10.9 Å². The van der Waals surface area contributed by atoms with Gasteiger partial charge < -0.3 is 0 Å². The lowest BCUT2D eigenvalue weighted by Crippen LogP contribution is -2.25. The van der Waals surface area contributed by atoms with E-state index in [9.17, 15) is 0 Å². The largest absolute Gasteiger partial charge is 0.279 e. The Morgan fingerprint density at radius 3 is 1.69 bits per heavy atom. The highest BCUT2D eigenvalue weighted by molar-refractivity contribution is 7.70. The zero-order valence-corrected chi connectivity index (χ0v) is 10.3. The molecule has 0 saturated carbocycles. The van der Waals surface area contributed by atoms with Crippen LogP contribution in [0.25, 0.3) is 0 Å². The molecule has 0 aliphatic heterocycles. The molecule has 2 rings (SSSR count). The molecule has 16 heavy (non-hydrogen) atoms. The average Bonchev–Trinajstić information content (AvgIpc) is 2.31. The van der Waals surface area contributed by atoms with Crippen molar-refractivity contribution >= 4 is 18.9 Å². The van der Waals surface area contributed by atoms with Crippen LogP contribution in [-0.4, -0.2) is 28.7 Å². The summed E-state index contributed by atoms with van der Waals surface area (Å²) in [5.41, 5.74) is 2.17. The Hall–Kier alpha value is -1.31. The van der Waals surface area contributed by atoms with Gasteiger partial charge in [0.05, 0.1) is 18.9 Å². The summed E-state index contributed by atoms with van der Waals surface area (Å²) in [6, 6.07) is 12.0. The zero-order chi connectivity index (χ0) is 11.4. The van der Waals surface area contributed by atoms with Crippen molar-refractivity contribution in [2.24, 2.45) is 0 Å². The molecular weight excluding hydrogens is 217 g/mol. The zero-order valence-electron chi connectivity index (χ0n) is 9.41. The molecule has 0 aromatic carbocycles. The molecular formula is C12H14N3P. The van der Waals surface area contributed by atoms with Crippen LogP contribution in [0.5, 0.6) is 0 Å². The van der Waals surface area contributed by atoms with Gasteiger partial charge in [0.15, 0.2) is 0 Å². The number of aromatic nitrogens is 2. The highest BCUT2D eigenvalue weighted by Gasteiger charge is 2.18. The van der Waals surface area contributed by atoms with Gasteiger partial charge in [-0.2, -0.15) is 0 Å². The van der Waals surface area contributed by atoms with Crippen LogP contribution in [0, 0.1) is 0 Å². The van der Waals surface area contributed by atoms with E-state index in [2.05, 4.69) is 40.9 Å². The Kier molecular flexibility index (Phi) is 3.60. The minimum absolute atomic E-state index is 0.599. The van der Waals surface area contributed by atoms with Crippen molar-refractivity contribution in [2.45, 2.75) is 0 Å². The number of pyridine rings is 2. The van der Waals surface area contributed by atoms with Gasteiger partial charge in [-0.25, -0.2) is 0 Å². The number of nitrogens with zero attached hydrogens (tertiary/aromatic N) is 3. The van der Waals surface area contributed by atoms with Gasteiger partial charge in [-0.15, -0.1) is 0 Å². The fourth-order valence-corrected chi connectivity index (χ4v) is 3.35. The molecule has 0 N–H and O–H groups in total. The number of hydrogen-bond donors (Lipinski definition) is 0. The van der Waals surface area contributed by atoms with E-state index >= 15 is 0 Å². The minimum atomic E-state index is -0.599. The summed E-state index contributed by atoms with van der Waals surface area (Å²) in [6.45, 7) is 0. The molecule has 0 amide bonds. The van der Waals surface area contributed by atoms with E-state index in [0.29, 0.717) is 0 Å². The lowest BCUT2D eigenvalue weighted by atomic mass is 10.5. The molecule has 4 heteroatoms. The molecule has 0 atom stereocenters. The van der Waals surface area contributed by atoms with Crippen LogP contribution in [0.1, 0.15) is 0 Å². The van der Waals surface area contributed by atoms with Gasteiger partial charge in [-0.05, 0) is 38.4 Å². The van der Waals surface area contributed by atoms with Gasteiger partial charge in [-0.1, -0.05) is 12.1 Å². The molecule has 0 aliphatic carbocycles. The summed E-state index contributed by atoms with van der Waals surface area (Å²) in [6.07, 6.45) is 3.66. The number of hydrogen-bond acceptors (Lipinski definition) is 3. The van der Waals surface area contributed by atoms with Crippen molar-refractivity contribution in [3.05, 3.63) is 48.8 Å². The van der Waals surface area contributed by atoms with E-state index in [4.69, 9.17) is 0 Å². The van der Waals surface area contributed by atoms with Gasteiger partial charge in [0.1, 0.15) is 0 Å². The lowest BCUT2D eigenvalue weighted by Gasteiger charge is -2.22. The molecule has 0 unspecified atom stereocenters. The first kappa shape index (κ1) is 11.2. The maximum Gasteiger partial charge on any atom is 0.0843 e. The van der Waals surface area contributed by atoms with Gasteiger partial charge in [0, 0.05) is 12.4 Å². The molecule has 0 radical (unpaired) electrons. The first-order chi connectivity index (χ1) is 7.79. The SMILES string of the molecule is CN(C)P(c1ccccn1)c1ccccn1. The molecule has 82 valence electrons. The summed E-state index contributed by atoms with van der Waals surface area (Å²) in [4.78, 5) is 8.85. The van der Waals surface area contributed by atoms with Crippen LogP contribution in [0.2, 0.25) is 0 Å². The molecule has 3 nitrogen and oxygen atoms in total. The third kappa shape index (κ3) is 2.43. The first-order valence-corrected chi connectivity index (χ1v) is 6.38. The summed E-state index contributed by atoms with van der Waals surface area (Å²) >= 11 is 0. The summed E-state index contributed by atoms with van der Waals surface area (Å²) < 4.78 is 2.18. The van der Waals surface area contributed by atoms with Crippen LogP contribution in [-0.2, 0) is 0 Å². The van der Waals surface area contributed by atoms with Crippen molar-refractivity contribution < 1.29 is 0 Å². The standard InChI is InChI=1S/C12H14N3P/c1-15(2)16(11-7-3-5-9-13-11)12-8-4-6-10-14-12/h3-10H,1-2H3. The van der Waals surface area contributed by atoms with Crippen molar-refractivity contribution in [3.8, 4) is 0 Å². The molecule has 2 heterocycles. The predicted molar refractivity (Wildman–Crippen MR) is 68.3 cm³/mol. The molecule has 0 fully saturated rings. The fourth-order valence-electron chi connectivity index (χ4n) is 1.49. The van der Waals surface area contributed by atoms with Crippen molar-refractivity contribution in [1.29, 1.82) is 0 Å². The molecule has 0 spiro atoms. The lowest BCUT2D eigenvalue weighted by molar-refractivity contribution is 0.688. The molecule has 2 aromatic rings. The van der Waals surface area contributed by atoms with E-state index < -0.39 is 8.07 Å². The monoisotopic (exact) mass is 231 g/mol. The highest BCUT2D eigenvalue weighted by atomic mass is 31.1. The maximum atomic E-state index is 4.42. The number of rotatable bonds is 3. The van der Waals surface area contributed by atoms with Crippen LogP contribution in [0.15, 0.2) is 48.8 Å². The van der Waals surface area contributed by atoms with Gasteiger partial charge in [-0.3, -0.25) is 14.6 Å². The van der Waals surface area contributed by atoms with Gasteiger partial charge in [0.2, 0.25) is 0 Å². The predicted octanol–water partition coefficient (Wildman–Crippen LogP) is 1.39. The van der Waals surface area contributed by atoms with E-state index in [0.717, 1.165) is 10.9 Å². The minimum Gasteiger partial charge on any atom is -0.279 e. The van der Waals surface area contributed by atoms with Crippen LogP contribution >= 0.6 is 8.07 Å². The third-order valence-electron chi connectivity index (χ3n) is 2.13. The van der Waals surface area contributed by atoms with Crippen molar-refractivity contribution in [1.82, 2.24) is 14.6 Å². The Morgan fingerprint density at radius 2 is 1.38 bits per heavy atom. The Balaban J connectivity index is 2.40. The third-order valence-corrected chi connectivity index (χ3v) is 4.33. The highest BCUT2D eigenvalue weighted by Crippen LogP contribution is 2.33. The van der Waals surface area contributed by atoms with Gasteiger partial charge >= 0.3 is 0 Å². The van der Waals surface area contributed by atoms with Crippen LogP contribution in [0.4, 0.5) is 0 Å². The quantitative estimate of drug-likeness (QED) is 0.747. The summed E-state index contributed by atoms with van der Waals surface area (Å²) in [5.74, 6) is 0. The summed E-state index contributed by atoms with van der Waals surface area (Å²) in [5, 5.41) is 0. The van der Waals surface area contributed by atoms with Crippen molar-refractivity contribution in [2.75, 3.05) is 14.1 Å². The Bertz CT molecular complexity index is 391. The van der Waals surface area contributed by atoms with E-state index in [-0.39, 0.29) is 0 Å². The Labute approximate surface area is 97.0 Å². The first-order valence-electron chi connectivity index (χ1n) is 5.08. The van der Waals surface area contributed by atoms with Crippen molar-refractivity contribution in [3.63, 3.8) is 0 Å². The maximum absolute atomic E-state index is 4.42. The van der Waals surface area contributed by atoms with E-state index in [1.807, 2.05) is 36.7 Å². The summed E-state index contributed by atoms with van der Waals surface area (Å²) in [7, 11) is 3.53. The molecule has 0 saturated heterocycles. The molecule has 0 aliphatic rings. The average molecular weight is 231 g/mol. The second-order valence-corrected chi connectivity index (χ2v) is 5.87. The normalized spacial score (nSPS) is 11.0. The van der Waals surface area contributed by atoms with E-state index in [1.165, 1.54) is 0 Å². The van der Waals surface area contributed by atoms with E-state index in [1.54, 1.807) is 0 Å². The fraction of sp³-hybridized carbons (Fsp3) is 0.167. The topological polar surface area (TPSA) is 29.0 Å². The second kappa shape index (κ2) is 5.15.